The summed E-state index contributed by atoms with van der Waals surface area (Å²) in [6.07, 6.45) is -0.426. The number of aliphatic hydroxyl groups excluding tert-OH is 1. The summed E-state index contributed by atoms with van der Waals surface area (Å²) in [6, 6.07) is 7.22. The van der Waals surface area contributed by atoms with E-state index in [1.165, 1.54) is 0 Å². The molecule has 2 fully saturated rings. The molecular weight excluding hydrogens is 378 g/mol. The minimum atomic E-state index is -3.46. The van der Waals surface area contributed by atoms with Crippen molar-refractivity contribution in [2.45, 2.75) is 30.8 Å². The molecule has 0 bridgehead atoms. The molecule has 0 aromatic heterocycles. The van der Waals surface area contributed by atoms with E-state index < -0.39 is 16.1 Å². The summed E-state index contributed by atoms with van der Waals surface area (Å²) in [5.74, 6) is 0.379. The Labute approximate surface area is 168 Å². The van der Waals surface area contributed by atoms with Gasteiger partial charge in [0.05, 0.1) is 24.2 Å². The average Bonchev–Trinajstić information content (AvgIpc) is 2.69. The third-order valence-electron chi connectivity index (χ3n) is 5.56. The first-order chi connectivity index (χ1) is 13.4. The Morgan fingerprint density at radius 3 is 2.00 bits per heavy atom. The smallest absolute Gasteiger partial charge is 0.243 e. The van der Waals surface area contributed by atoms with E-state index in [4.69, 9.17) is 4.74 Å². The largest absolute Gasteiger partial charge is 0.390 e. The first-order valence-electron chi connectivity index (χ1n) is 10.2. The second kappa shape index (κ2) is 9.65. The second-order valence-corrected chi connectivity index (χ2v) is 9.93. The van der Waals surface area contributed by atoms with Crippen LogP contribution in [0.1, 0.15) is 25.3 Å². The van der Waals surface area contributed by atoms with Crippen LogP contribution in [0.3, 0.4) is 0 Å². The van der Waals surface area contributed by atoms with Crippen molar-refractivity contribution in [3.8, 4) is 0 Å². The molecule has 1 aromatic rings. The summed E-state index contributed by atoms with van der Waals surface area (Å²) >= 11 is 0. The molecule has 1 N–H and O–H groups in total. The van der Waals surface area contributed by atoms with Crippen LogP contribution in [0.4, 0.5) is 0 Å². The zero-order valence-electron chi connectivity index (χ0n) is 17.0. The molecule has 1 aromatic carbocycles. The lowest BCUT2D eigenvalue weighted by Crippen LogP contribution is -2.52. The Kier molecular flexibility index (Phi) is 7.47. The highest BCUT2D eigenvalue weighted by Crippen LogP contribution is 2.21. The first-order valence-corrected chi connectivity index (χ1v) is 11.6. The number of β-amino-alcohol motifs (C(OH)–C–C–N with tert-alkyl or cyclic N) is 1. The van der Waals surface area contributed by atoms with Crippen molar-refractivity contribution >= 4 is 10.0 Å². The monoisotopic (exact) mass is 411 g/mol. The molecule has 2 saturated heterocycles. The number of piperazine rings is 1. The zero-order chi connectivity index (χ0) is 20.1. The minimum Gasteiger partial charge on any atom is -0.390 e. The van der Waals surface area contributed by atoms with Gasteiger partial charge in [0.1, 0.15) is 0 Å². The van der Waals surface area contributed by atoms with Gasteiger partial charge in [0.2, 0.25) is 10.0 Å². The van der Waals surface area contributed by atoms with Gasteiger partial charge in [-0.15, -0.1) is 0 Å². The van der Waals surface area contributed by atoms with Crippen molar-refractivity contribution in [2.24, 2.45) is 0 Å². The molecule has 2 aliphatic heterocycles. The van der Waals surface area contributed by atoms with Crippen LogP contribution in [0, 0.1) is 0 Å². The predicted octanol–water partition coefficient (Wildman–Crippen LogP) is 0.809. The van der Waals surface area contributed by atoms with Crippen LogP contribution in [-0.2, 0) is 14.8 Å². The van der Waals surface area contributed by atoms with Gasteiger partial charge >= 0.3 is 0 Å². The van der Waals surface area contributed by atoms with Gasteiger partial charge in [-0.25, -0.2) is 8.42 Å². The van der Waals surface area contributed by atoms with Gasteiger partial charge in [-0.1, -0.05) is 26.0 Å². The predicted molar refractivity (Wildman–Crippen MR) is 109 cm³/mol. The van der Waals surface area contributed by atoms with Gasteiger partial charge < -0.3 is 9.84 Å². The van der Waals surface area contributed by atoms with E-state index in [1.54, 1.807) is 16.4 Å². The van der Waals surface area contributed by atoms with Gasteiger partial charge in [0, 0.05) is 52.4 Å². The van der Waals surface area contributed by atoms with E-state index in [9.17, 15) is 13.5 Å². The number of aliphatic hydroxyl groups is 1. The summed E-state index contributed by atoms with van der Waals surface area (Å²) in [6.45, 7) is 10.8. The Morgan fingerprint density at radius 2 is 1.46 bits per heavy atom. The van der Waals surface area contributed by atoms with E-state index in [2.05, 4.69) is 23.6 Å². The quantitative estimate of drug-likeness (QED) is 0.716. The molecule has 3 rings (SSSR count). The van der Waals surface area contributed by atoms with Gasteiger partial charge in [-0.05, 0) is 23.6 Å². The summed E-state index contributed by atoms with van der Waals surface area (Å²) < 4.78 is 32.7. The summed E-state index contributed by atoms with van der Waals surface area (Å²) in [4.78, 5) is 4.73. The van der Waals surface area contributed by atoms with Crippen molar-refractivity contribution in [3.05, 3.63) is 29.8 Å². The number of rotatable bonds is 7. The Hall–Kier alpha value is -1.03. The molecule has 8 heteroatoms. The van der Waals surface area contributed by atoms with Crippen molar-refractivity contribution in [3.63, 3.8) is 0 Å². The van der Waals surface area contributed by atoms with Crippen molar-refractivity contribution in [1.29, 1.82) is 0 Å². The normalized spacial score (nSPS) is 21.9. The van der Waals surface area contributed by atoms with Gasteiger partial charge in [0.15, 0.2) is 0 Å². The lowest BCUT2D eigenvalue weighted by atomic mass is 10.0. The van der Waals surface area contributed by atoms with Gasteiger partial charge in [-0.3, -0.25) is 9.80 Å². The van der Waals surface area contributed by atoms with E-state index in [0.29, 0.717) is 50.1 Å². The third kappa shape index (κ3) is 5.52. The van der Waals surface area contributed by atoms with Crippen LogP contribution in [0.5, 0.6) is 0 Å². The number of hydrogen-bond donors (Lipinski definition) is 1. The fraction of sp³-hybridized carbons (Fsp3) is 0.700. The first kappa shape index (κ1) is 21.7. The lowest BCUT2D eigenvalue weighted by molar-refractivity contribution is 0.00469. The number of morpholine rings is 1. The summed E-state index contributed by atoms with van der Waals surface area (Å²) in [7, 11) is -3.46. The number of nitrogens with zero attached hydrogens (tertiary/aromatic N) is 3. The molecule has 0 spiro atoms. The number of hydrogen-bond acceptors (Lipinski definition) is 6. The maximum atomic E-state index is 12.9. The summed E-state index contributed by atoms with van der Waals surface area (Å²) in [5.41, 5.74) is 1.14. The van der Waals surface area contributed by atoms with Crippen LogP contribution in [0.15, 0.2) is 29.2 Å². The molecule has 1 atom stereocenters. The van der Waals surface area contributed by atoms with Crippen molar-refractivity contribution in [2.75, 3.05) is 65.6 Å². The van der Waals surface area contributed by atoms with Crippen LogP contribution >= 0.6 is 0 Å². The number of sulfonamides is 1. The van der Waals surface area contributed by atoms with Crippen LogP contribution in [0.25, 0.3) is 0 Å². The topological polar surface area (TPSA) is 73.3 Å². The Bertz CT molecular complexity index is 709. The molecule has 2 heterocycles. The average molecular weight is 412 g/mol. The van der Waals surface area contributed by atoms with Crippen molar-refractivity contribution in [1.82, 2.24) is 14.1 Å². The SMILES string of the molecule is CC(C)c1ccc(S(=O)(=O)N2CCN(C[C@H](O)CN3CCOCC3)CC2)cc1. The minimum absolute atomic E-state index is 0.359. The van der Waals surface area contributed by atoms with E-state index >= 15 is 0 Å². The highest BCUT2D eigenvalue weighted by Gasteiger charge is 2.29. The second-order valence-electron chi connectivity index (χ2n) is 8.00. The van der Waals surface area contributed by atoms with Crippen LogP contribution in [-0.4, -0.2) is 99.3 Å². The fourth-order valence-corrected chi connectivity index (χ4v) is 5.19. The molecule has 0 saturated carbocycles. The van der Waals surface area contributed by atoms with Gasteiger partial charge in [-0.2, -0.15) is 4.31 Å². The molecule has 28 heavy (non-hydrogen) atoms. The zero-order valence-corrected chi connectivity index (χ0v) is 17.8. The standard InChI is InChI=1S/C20H33N3O4S/c1-17(2)18-3-5-20(6-4-18)28(25,26)23-9-7-21(8-10-23)15-19(24)16-22-11-13-27-14-12-22/h3-6,17,19,24H,7-16H2,1-2H3/t19-/m0/s1. The van der Waals surface area contributed by atoms with Crippen LogP contribution in [0.2, 0.25) is 0 Å². The molecular formula is C20H33N3O4S. The lowest BCUT2D eigenvalue weighted by Gasteiger charge is -2.36. The maximum Gasteiger partial charge on any atom is 0.243 e. The number of benzene rings is 1. The highest BCUT2D eigenvalue weighted by atomic mass is 32.2. The molecule has 0 unspecified atom stereocenters. The van der Waals surface area contributed by atoms with Crippen molar-refractivity contribution < 1.29 is 18.3 Å². The molecule has 158 valence electrons. The number of ether oxygens (including phenoxy) is 1. The Morgan fingerprint density at radius 1 is 0.929 bits per heavy atom. The molecule has 2 aliphatic rings. The van der Waals surface area contributed by atoms with Crippen LogP contribution < -0.4 is 0 Å². The highest BCUT2D eigenvalue weighted by molar-refractivity contribution is 7.89. The molecule has 0 radical (unpaired) electrons. The molecule has 0 amide bonds. The Balaban J connectivity index is 1.49. The third-order valence-corrected chi connectivity index (χ3v) is 7.47. The van der Waals surface area contributed by atoms with E-state index in [0.717, 1.165) is 31.9 Å². The maximum absolute atomic E-state index is 12.9. The summed E-state index contributed by atoms with van der Waals surface area (Å²) in [5, 5.41) is 10.4. The molecule has 7 nitrogen and oxygen atoms in total. The van der Waals surface area contributed by atoms with Gasteiger partial charge in [0.25, 0.3) is 0 Å². The van der Waals surface area contributed by atoms with E-state index in [1.807, 2.05) is 12.1 Å². The fourth-order valence-electron chi connectivity index (χ4n) is 3.76. The van der Waals surface area contributed by atoms with E-state index in [-0.39, 0.29) is 0 Å². The molecule has 0 aliphatic carbocycles.